The zero-order valence-electron chi connectivity index (χ0n) is 3.23. The average Bonchev–Trinajstić information content (AvgIpc) is 0.722. The fourth-order valence-electron chi connectivity index (χ4n) is 0. The molecule has 0 aliphatic rings. The molecule has 0 aliphatic heterocycles. The van der Waals surface area contributed by atoms with Gasteiger partial charge in [-0.15, -0.1) is 0 Å². The molecular weight excluding hydrogens is 240 g/mol. The molecule has 0 aromatic rings. The molecule has 0 radical (unpaired) electrons. The van der Waals surface area contributed by atoms with Gasteiger partial charge in [-0.05, 0) is 0 Å². The Labute approximate surface area is 64.5 Å². The van der Waals surface area contributed by atoms with Gasteiger partial charge in [0.15, 0.2) is 0 Å². The Balaban J connectivity index is -0.0000000800. The van der Waals surface area contributed by atoms with Crippen LogP contribution in [0.1, 0.15) is 0 Å². The number of hydrogen-bond donors (Lipinski definition) is 2. The normalized spacial score (nSPS) is 8.29. The Morgan fingerprint density at radius 3 is 1.14 bits per heavy atom. The largest absolute Gasteiger partial charge is 2.00 e. The van der Waals surface area contributed by atoms with Gasteiger partial charge in [0.05, 0.1) is 0 Å². The van der Waals surface area contributed by atoms with Crippen LogP contribution in [0.3, 0.4) is 0 Å². The van der Waals surface area contributed by atoms with Crippen LogP contribution in [0.25, 0.3) is 0 Å². The summed E-state index contributed by atoms with van der Waals surface area (Å²) in [5.74, 6) is 0. The summed E-state index contributed by atoms with van der Waals surface area (Å²) >= 11 is 0. The van der Waals surface area contributed by atoms with E-state index in [-0.39, 0.29) is 36.5 Å². The van der Waals surface area contributed by atoms with Gasteiger partial charge in [-0.2, -0.15) is 8.42 Å². The molecule has 0 saturated heterocycles. The molecule has 0 rings (SSSR count). The first kappa shape index (κ1) is 15.7. The summed E-state index contributed by atoms with van der Waals surface area (Å²) in [4.78, 5) is 0. The first-order valence-corrected chi connectivity index (χ1v) is 2.10. The molecular formula is H2O4SSeZn. The molecule has 2 N–H and O–H groups in total. The van der Waals surface area contributed by atoms with Crippen LogP contribution in [0.5, 0.6) is 0 Å². The van der Waals surface area contributed by atoms with Gasteiger partial charge in [-0.3, -0.25) is 9.11 Å². The maximum Gasteiger partial charge on any atom is 2.00 e. The third-order valence-electron chi connectivity index (χ3n) is 0. The third-order valence-corrected chi connectivity index (χ3v) is 0. The molecule has 0 spiro atoms. The molecule has 0 fully saturated rings. The van der Waals surface area contributed by atoms with E-state index in [9.17, 15) is 0 Å². The van der Waals surface area contributed by atoms with Gasteiger partial charge in [0.2, 0.25) is 0 Å². The maximum absolute atomic E-state index is 8.74. The van der Waals surface area contributed by atoms with E-state index in [0.29, 0.717) is 0 Å². The van der Waals surface area contributed by atoms with Crippen LogP contribution in [-0.4, -0.2) is 34.6 Å². The van der Waals surface area contributed by atoms with Crippen molar-refractivity contribution in [3.63, 3.8) is 0 Å². The molecule has 0 unspecified atom stereocenters. The Morgan fingerprint density at radius 2 is 1.14 bits per heavy atom. The SMILES string of the molecule is O=S(=O)(O)O.[Se-2].[Zn+2]. The summed E-state index contributed by atoms with van der Waals surface area (Å²) in [6.45, 7) is 0. The summed E-state index contributed by atoms with van der Waals surface area (Å²) in [6.07, 6.45) is 0. The average molecular weight is 242 g/mol. The van der Waals surface area contributed by atoms with E-state index in [1.165, 1.54) is 0 Å². The predicted molar refractivity (Wildman–Crippen MR) is 19.9 cm³/mol. The van der Waals surface area contributed by atoms with E-state index < -0.39 is 10.4 Å². The second-order valence-electron chi connectivity index (χ2n) is 0.448. The van der Waals surface area contributed by atoms with Crippen LogP contribution in [0, 0.1) is 0 Å². The summed E-state index contributed by atoms with van der Waals surface area (Å²) < 4.78 is 31.6. The molecule has 0 bridgehead atoms. The van der Waals surface area contributed by atoms with Crippen LogP contribution >= 0.6 is 0 Å². The number of hydrogen-bond acceptors (Lipinski definition) is 2. The monoisotopic (exact) mass is 242 g/mol. The van der Waals surface area contributed by atoms with Crippen molar-refractivity contribution in [3.8, 4) is 0 Å². The van der Waals surface area contributed by atoms with Gasteiger partial charge >= 0.3 is 29.9 Å². The van der Waals surface area contributed by atoms with Crippen LogP contribution in [0.4, 0.5) is 0 Å². The fourth-order valence-corrected chi connectivity index (χ4v) is 0. The van der Waals surface area contributed by atoms with Crippen molar-refractivity contribution in [1.82, 2.24) is 0 Å². The zero-order valence-corrected chi connectivity index (χ0v) is 8.73. The summed E-state index contributed by atoms with van der Waals surface area (Å²) in [6, 6.07) is 0. The van der Waals surface area contributed by atoms with Gasteiger partial charge in [0.25, 0.3) is 0 Å². The van der Waals surface area contributed by atoms with Gasteiger partial charge in [-0.25, -0.2) is 0 Å². The molecule has 0 heterocycles. The molecule has 7 heavy (non-hydrogen) atoms. The van der Waals surface area contributed by atoms with Crippen LogP contribution in [-0.2, 0) is 29.9 Å². The Morgan fingerprint density at radius 1 is 1.14 bits per heavy atom. The van der Waals surface area contributed by atoms with Crippen LogP contribution in [0.2, 0.25) is 0 Å². The van der Waals surface area contributed by atoms with E-state index in [2.05, 4.69) is 0 Å². The summed E-state index contributed by atoms with van der Waals surface area (Å²) in [7, 11) is -4.67. The minimum Gasteiger partial charge on any atom is -2.00 e. The summed E-state index contributed by atoms with van der Waals surface area (Å²) in [5, 5.41) is 0. The molecule has 0 aromatic heterocycles. The zero-order chi connectivity index (χ0) is 4.50. The third kappa shape index (κ3) is 172. The molecule has 0 aliphatic carbocycles. The van der Waals surface area contributed by atoms with Crippen LogP contribution < -0.4 is 0 Å². The Kier molecular flexibility index (Phi) is 11.5. The van der Waals surface area contributed by atoms with Gasteiger partial charge in [-0.1, -0.05) is 0 Å². The Bertz CT molecular complexity index is 94.9. The van der Waals surface area contributed by atoms with Gasteiger partial charge in [0.1, 0.15) is 0 Å². The van der Waals surface area contributed by atoms with E-state index in [1.54, 1.807) is 0 Å². The predicted octanol–water partition coefficient (Wildman–Crippen LogP) is -1.04. The van der Waals surface area contributed by atoms with E-state index in [1.807, 2.05) is 0 Å². The van der Waals surface area contributed by atoms with E-state index in [4.69, 9.17) is 17.5 Å². The van der Waals surface area contributed by atoms with Crippen molar-refractivity contribution >= 4 is 27.5 Å². The van der Waals surface area contributed by atoms with Crippen molar-refractivity contribution in [1.29, 1.82) is 0 Å². The van der Waals surface area contributed by atoms with E-state index >= 15 is 0 Å². The van der Waals surface area contributed by atoms with Gasteiger partial charge in [0, 0.05) is 0 Å². The molecule has 0 amide bonds. The Hall–Kier alpha value is 1.01. The first-order valence-electron chi connectivity index (χ1n) is 0.698. The quantitative estimate of drug-likeness (QED) is 0.420. The molecule has 0 saturated carbocycles. The summed E-state index contributed by atoms with van der Waals surface area (Å²) in [5.41, 5.74) is 0. The molecule has 7 heteroatoms. The van der Waals surface area contributed by atoms with E-state index in [0.717, 1.165) is 0 Å². The van der Waals surface area contributed by atoms with Crippen molar-refractivity contribution in [2.45, 2.75) is 0 Å². The smallest absolute Gasteiger partial charge is 2.00 e. The molecule has 0 aromatic carbocycles. The van der Waals surface area contributed by atoms with Crippen molar-refractivity contribution in [2.75, 3.05) is 0 Å². The first-order chi connectivity index (χ1) is 2.00. The molecule has 40 valence electrons. The second kappa shape index (κ2) is 5.16. The molecule has 4 nitrogen and oxygen atoms in total. The van der Waals surface area contributed by atoms with Crippen molar-refractivity contribution in [3.05, 3.63) is 0 Å². The van der Waals surface area contributed by atoms with Crippen LogP contribution in [0.15, 0.2) is 0 Å². The fraction of sp³-hybridized carbons (Fsp3) is 0. The minimum absolute atomic E-state index is 0. The second-order valence-corrected chi connectivity index (χ2v) is 1.34. The standard InChI is InChI=1S/H2O4S.Se.Zn/c1-5(2,3)4;;/h(H2,1,2,3,4);;/q;-2;+2. The van der Waals surface area contributed by atoms with Crippen molar-refractivity contribution < 1.29 is 37.0 Å². The topological polar surface area (TPSA) is 74.6 Å². The number of rotatable bonds is 0. The maximum atomic E-state index is 8.74. The minimum atomic E-state index is -4.67. The molecule has 0 atom stereocenters. The van der Waals surface area contributed by atoms with Crippen molar-refractivity contribution in [2.24, 2.45) is 0 Å². The van der Waals surface area contributed by atoms with Gasteiger partial charge < -0.3 is 17.1 Å².